The van der Waals surface area contributed by atoms with Crippen LogP contribution in [0.5, 0.6) is 0 Å². The minimum atomic E-state index is -3.55. The molecule has 27 heavy (non-hydrogen) atoms. The summed E-state index contributed by atoms with van der Waals surface area (Å²) in [4.78, 5) is 16.6. The van der Waals surface area contributed by atoms with Crippen LogP contribution in [-0.4, -0.2) is 69.8 Å². The van der Waals surface area contributed by atoms with E-state index >= 15 is 0 Å². The van der Waals surface area contributed by atoms with Gasteiger partial charge < -0.3 is 15.1 Å². The topological polar surface area (TPSA) is 73.0 Å². The Morgan fingerprint density at radius 1 is 1.07 bits per heavy atom. The van der Waals surface area contributed by atoms with E-state index in [9.17, 15) is 13.2 Å². The second-order valence-corrected chi connectivity index (χ2v) is 9.07. The van der Waals surface area contributed by atoms with Gasteiger partial charge >= 0.3 is 0 Å². The van der Waals surface area contributed by atoms with Gasteiger partial charge in [-0.2, -0.15) is 4.31 Å². The van der Waals surface area contributed by atoms with Crippen LogP contribution in [0.25, 0.3) is 0 Å². The maximum atomic E-state index is 13.0. The van der Waals surface area contributed by atoms with Crippen molar-refractivity contribution >= 4 is 27.3 Å². The minimum absolute atomic E-state index is 0.224. The van der Waals surface area contributed by atoms with E-state index in [1.54, 1.807) is 22.5 Å². The number of piperazine rings is 1. The number of carbonyl (C=O) groups excluding carboxylic acids is 1. The Morgan fingerprint density at radius 2 is 1.74 bits per heavy atom. The molecule has 1 aromatic carbocycles. The number of benzene rings is 1. The number of amides is 1. The highest BCUT2D eigenvalue weighted by Gasteiger charge is 2.27. The van der Waals surface area contributed by atoms with Crippen molar-refractivity contribution in [3.63, 3.8) is 0 Å². The largest absolute Gasteiger partial charge is 0.367 e. The van der Waals surface area contributed by atoms with Crippen LogP contribution in [0.1, 0.15) is 19.3 Å². The van der Waals surface area contributed by atoms with Crippen LogP contribution in [0, 0.1) is 0 Å². The first-order chi connectivity index (χ1) is 12.9. The molecule has 2 saturated heterocycles. The molecule has 8 heteroatoms. The van der Waals surface area contributed by atoms with Gasteiger partial charge in [0, 0.05) is 39.3 Å². The van der Waals surface area contributed by atoms with E-state index in [1.165, 1.54) is 6.08 Å². The Hall–Kier alpha value is -1.90. The van der Waals surface area contributed by atoms with Crippen molar-refractivity contribution in [1.29, 1.82) is 0 Å². The summed E-state index contributed by atoms with van der Waals surface area (Å²) in [5, 5.41) is 2.79. The van der Waals surface area contributed by atoms with Crippen molar-refractivity contribution in [2.45, 2.75) is 24.2 Å². The van der Waals surface area contributed by atoms with Crippen LogP contribution < -0.4 is 10.2 Å². The Morgan fingerprint density at radius 3 is 2.37 bits per heavy atom. The first kappa shape index (κ1) is 19.9. The molecule has 0 aliphatic carbocycles. The lowest BCUT2D eigenvalue weighted by Crippen LogP contribution is -2.44. The Bertz CT molecular complexity index is 795. The van der Waals surface area contributed by atoms with E-state index in [1.807, 2.05) is 0 Å². The summed E-state index contributed by atoms with van der Waals surface area (Å²) in [6, 6.07) is 5.04. The molecule has 1 N–H and O–H groups in total. The molecule has 0 aromatic heterocycles. The fraction of sp³-hybridized carbons (Fsp3) is 0.526. The summed E-state index contributed by atoms with van der Waals surface area (Å²) < 4.78 is 27.5. The number of carbonyl (C=O) groups is 1. The van der Waals surface area contributed by atoms with Gasteiger partial charge in [0.05, 0.1) is 16.3 Å². The number of likely N-dealkylation sites (N-methyl/N-ethyl adjacent to an activating group) is 1. The van der Waals surface area contributed by atoms with Crippen molar-refractivity contribution in [1.82, 2.24) is 9.21 Å². The highest BCUT2D eigenvalue weighted by Crippen LogP contribution is 2.31. The predicted octanol–water partition coefficient (Wildman–Crippen LogP) is 1.74. The summed E-state index contributed by atoms with van der Waals surface area (Å²) >= 11 is 0. The average molecular weight is 393 g/mol. The maximum absolute atomic E-state index is 13.0. The van der Waals surface area contributed by atoms with Crippen molar-refractivity contribution < 1.29 is 13.2 Å². The van der Waals surface area contributed by atoms with Crippen molar-refractivity contribution in [2.75, 3.05) is 56.5 Å². The molecule has 1 amide bonds. The zero-order valence-corrected chi connectivity index (χ0v) is 16.7. The van der Waals surface area contributed by atoms with Crippen LogP contribution in [0.3, 0.4) is 0 Å². The molecular formula is C19H28N4O3S. The van der Waals surface area contributed by atoms with E-state index in [2.05, 4.69) is 28.7 Å². The highest BCUT2D eigenvalue weighted by atomic mass is 32.2. The normalized spacial score (nSPS) is 19.7. The lowest BCUT2D eigenvalue weighted by atomic mass is 10.2. The number of nitrogens with one attached hydrogen (secondary N) is 1. The quantitative estimate of drug-likeness (QED) is 0.773. The molecule has 0 saturated carbocycles. The molecule has 0 unspecified atom stereocenters. The third kappa shape index (κ3) is 4.51. The van der Waals surface area contributed by atoms with E-state index in [4.69, 9.17) is 0 Å². The molecule has 3 rings (SSSR count). The molecule has 148 valence electrons. The molecule has 7 nitrogen and oxygen atoms in total. The lowest BCUT2D eigenvalue weighted by molar-refractivity contribution is -0.111. The average Bonchev–Trinajstić information content (AvgIpc) is 2.69. The molecule has 2 aliphatic heterocycles. The second-order valence-electron chi connectivity index (χ2n) is 7.13. The summed E-state index contributed by atoms with van der Waals surface area (Å²) in [5.41, 5.74) is 1.36. The van der Waals surface area contributed by atoms with Gasteiger partial charge in [0.1, 0.15) is 0 Å². The van der Waals surface area contributed by atoms with E-state index in [-0.39, 0.29) is 10.8 Å². The van der Waals surface area contributed by atoms with Gasteiger partial charge in [0.2, 0.25) is 15.9 Å². The fourth-order valence-corrected chi connectivity index (χ4v) is 5.08. The third-order valence-corrected chi connectivity index (χ3v) is 7.10. The monoisotopic (exact) mass is 392 g/mol. The lowest BCUT2D eigenvalue weighted by Gasteiger charge is -2.35. The number of rotatable bonds is 5. The predicted molar refractivity (Wildman–Crippen MR) is 108 cm³/mol. The van der Waals surface area contributed by atoms with Crippen LogP contribution in [0.2, 0.25) is 0 Å². The van der Waals surface area contributed by atoms with Crippen LogP contribution >= 0.6 is 0 Å². The smallest absolute Gasteiger partial charge is 0.247 e. The van der Waals surface area contributed by atoms with Crippen LogP contribution in [0.4, 0.5) is 11.4 Å². The van der Waals surface area contributed by atoms with Crippen molar-refractivity contribution in [3.8, 4) is 0 Å². The summed E-state index contributed by atoms with van der Waals surface area (Å²) in [5.74, 6) is -0.349. The summed E-state index contributed by atoms with van der Waals surface area (Å²) in [6.07, 6.45) is 4.03. The minimum Gasteiger partial charge on any atom is -0.367 e. The van der Waals surface area contributed by atoms with Gasteiger partial charge in [-0.15, -0.1) is 0 Å². The van der Waals surface area contributed by atoms with E-state index < -0.39 is 10.0 Å². The first-order valence-electron chi connectivity index (χ1n) is 9.43. The van der Waals surface area contributed by atoms with Gasteiger partial charge in [0.25, 0.3) is 0 Å². The number of hydrogen-bond donors (Lipinski definition) is 1. The number of sulfonamides is 1. The number of piperidine rings is 1. The zero-order valence-electron chi connectivity index (χ0n) is 15.9. The van der Waals surface area contributed by atoms with Crippen molar-refractivity contribution in [3.05, 3.63) is 30.9 Å². The molecule has 0 spiro atoms. The Balaban J connectivity index is 1.93. The highest BCUT2D eigenvalue weighted by molar-refractivity contribution is 7.89. The third-order valence-electron chi connectivity index (χ3n) is 5.21. The van der Waals surface area contributed by atoms with E-state index in [0.29, 0.717) is 18.8 Å². The Kier molecular flexibility index (Phi) is 6.18. The standard InChI is InChI=1S/C19H28N4O3S/c1-3-19(24)20-17-15-16(27(25,26)23-9-5-4-6-10-23)7-8-18(17)22-13-11-21(2)12-14-22/h3,7-8,15H,1,4-6,9-14H2,2H3,(H,20,24). The molecule has 0 atom stereocenters. The van der Waals surface area contributed by atoms with Crippen LogP contribution in [-0.2, 0) is 14.8 Å². The Labute approximate surface area is 161 Å². The fourth-order valence-electron chi connectivity index (χ4n) is 3.54. The number of nitrogens with zero attached hydrogens (tertiary/aromatic N) is 3. The number of anilines is 2. The zero-order chi connectivity index (χ0) is 19.4. The molecule has 2 heterocycles. The SMILES string of the molecule is C=CC(=O)Nc1cc(S(=O)(=O)N2CCCCC2)ccc1N1CCN(C)CC1. The first-order valence-corrected chi connectivity index (χ1v) is 10.9. The molecule has 0 bridgehead atoms. The van der Waals surface area contributed by atoms with Gasteiger partial charge in [-0.3, -0.25) is 4.79 Å². The molecule has 1 aromatic rings. The molecule has 0 radical (unpaired) electrons. The molecular weight excluding hydrogens is 364 g/mol. The number of hydrogen-bond acceptors (Lipinski definition) is 5. The van der Waals surface area contributed by atoms with Gasteiger partial charge in [-0.1, -0.05) is 13.0 Å². The molecule has 2 aliphatic rings. The van der Waals surface area contributed by atoms with Crippen LogP contribution in [0.15, 0.2) is 35.7 Å². The van der Waals surface area contributed by atoms with E-state index in [0.717, 1.165) is 51.1 Å². The maximum Gasteiger partial charge on any atom is 0.247 e. The summed E-state index contributed by atoms with van der Waals surface area (Å²) in [6.45, 7) is 8.09. The van der Waals surface area contributed by atoms with Gasteiger partial charge in [0.15, 0.2) is 0 Å². The molecule has 2 fully saturated rings. The van der Waals surface area contributed by atoms with Gasteiger partial charge in [-0.05, 0) is 44.2 Å². The summed E-state index contributed by atoms with van der Waals surface area (Å²) in [7, 11) is -1.48. The second kappa shape index (κ2) is 8.41. The van der Waals surface area contributed by atoms with Gasteiger partial charge in [-0.25, -0.2) is 8.42 Å². The van der Waals surface area contributed by atoms with Crippen molar-refractivity contribution in [2.24, 2.45) is 0 Å².